The average molecular weight is 558 g/mol. The number of allylic oxidation sites excluding steroid dienone is 6. The van der Waals surface area contributed by atoms with Gasteiger partial charge in [0.25, 0.3) is 0 Å². The van der Waals surface area contributed by atoms with E-state index in [2.05, 4.69) is 0 Å². The van der Waals surface area contributed by atoms with Crippen LogP contribution in [0.4, 0.5) is 5.69 Å². The van der Waals surface area contributed by atoms with Crippen LogP contribution < -0.4 is 9.64 Å². The van der Waals surface area contributed by atoms with Gasteiger partial charge in [0.15, 0.2) is 23.1 Å². The quantitative estimate of drug-likeness (QED) is 0.307. The van der Waals surface area contributed by atoms with Crippen LogP contribution >= 0.6 is 11.6 Å². The lowest BCUT2D eigenvalue weighted by Crippen LogP contribution is -2.39. The second kappa shape index (κ2) is 9.59. The van der Waals surface area contributed by atoms with Gasteiger partial charge in [-0.1, -0.05) is 35.4 Å². The number of phenolic OH excluding ortho intramolecular Hbond substituents is 1. The number of rotatable bonds is 4. The minimum Gasteiger partial charge on any atom is -0.504 e. The number of ether oxygens (including phenoxy) is 1. The molecule has 0 bridgehead atoms. The molecule has 3 aliphatic carbocycles. The van der Waals surface area contributed by atoms with Crippen molar-refractivity contribution in [3.8, 4) is 11.5 Å². The zero-order valence-electron chi connectivity index (χ0n) is 22.4. The molecule has 2 amide bonds. The number of aromatic hydroxyl groups is 1. The maximum atomic E-state index is 14.0. The number of hydrogen-bond donors (Lipinski definition) is 1. The Morgan fingerprint density at radius 1 is 1.02 bits per heavy atom. The minimum absolute atomic E-state index is 0.0318. The summed E-state index contributed by atoms with van der Waals surface area (Å²) in [6.07, 6.45) is 3.88. The fourth-order valence-corrected chi connectivity index (χ4v) is 6.89. The number of halogens is 1. The molecule has 4 aliphatic rings. The number of ketones is 2. The van der Waals surface area contributed by atoms with Crippen molar-refractivity contribution in [2.24, 2.45) is 17.8 Å². The molecule has 6 rings (SSSR count). The SMILES string of the molecule is CCOc1cc(C2C3=CCC4C(=O)N(c5ccc(C)c(Cl)c5)C(=O)C4C3CC3=C2C(=O)C=C(C)C3=O)ccc1O. The first-order valence-corrected chi connectivity index (χ1v) is 13.8. The van der Waals surface area contributed by atoms with Crippen molar-refractivity contribution in [3.05, 3.63) is 87.0 Å². The van der Waals surface area contributed by atoms with E-state index >= 15 is 0 Å². The van der Waals surface area contributed by atoms with Gasteiger partial charge in [0.1, 0.15) is 0 Å². The van der Waals surface area contributed by atoms with Crippen molar-refractivity contribution in [2.75, 3.05) is 11.5 Å². The van der Waals surface area contributed by atoms with Gasteiger partial charge in [-0.3, -0.25) is 19.2 Å². The maximum Gasteiger partial charge on any atom is 0.238 e. The number of amides is 2. The zero-order chi connectivity index (χ0) is 28.5. The van der Waals surface area contributed by atoms with Crippen LogP contribution in [0.3, 0.4) is 0 Å². The van der Waals surface area contributed by atoms with E-state index in [0.29, 0.717) is 46.0 Å². The summed E-state index contributed by atoms with van der Waals surface area (Å²) < 4.78 is 5.62. The Labute approximate surface area is 236 Å². The van der Waals surface area contributed by atoms with Crippen molar-refractivity contribution >= 4 is 40.7 Å². The summed E-state index contributed by atoms with van der Waals surface area (Å²) in [6.45, 7) is 5.61. The first-order chi connectivity index (χ1) is 19.1. The highest BCUT2D eigenvalue weighted by atomic mass is 35.5. The summed E-state index contributed by atoms with van der Waals surface area (Å²) in [4.78, 5) is 55.7. The third-order valence-electron chi connectivity index (χ3n) is 8.59. The third-order valence-corrected chi connectivity index (χ3v) is 9.00. The maximum absolute atomic E-state index is 14.0. The number of aryl methyl sites for hydroxylation is 1. The fraction of sp³-hybridized carbons (Fsp3) is 0.312. The molecule has 2 aromatic rings. The first-order valence-electron chi connectivity index (χ1n) is 13.4. The number of anilines is 1. The highest BCUT2D eigenvalue weighted by Gasteiger charge is 2.56. The molecule has 4 unspecified atom stereocenters. The third kappa shape index (κ3) is 3.86. The summed E-state index contributed by atoms with van der Waals surface area (Å²) in [5.74, 6) is -3.14. The smallest absolute Gasteiger partial charge is 0.238 e. The average Bonchev–Trinajstić information content (AvgIpc) is 3.19. The van der Waals surface area contributed by atoms with Gasteiger partial charge in [0.2, 0.25) is 11.8 Å². The van der Waals surface area contributed by atoms with Crippen LogP contribution in [-0.4, -0.2) is 35.1 Å². The molecule has 0 saturated carbocycles. The van der Waals surface area contributed by atoms with Crippen LogP contribution in [0.5, 0.6) is 11.5 Å². The summed E-state index contributed by atoms with van der Waals surface area (Å²) >= 11 is 6.34. The number of fused-ring (bicyclic) bond motifs is 3. The van der Waals surface area contributed by atoms with Gasteiger partial charge in [0, 0.05) is 27.7 Å². The number of hydrogen-bond acceptors (Lipinski definition) is 6. The van der Waals surface area contributed by atoms with Crippen molar-refractivity contribution in [1.29, 1.82) is 0 Å². The second-order valence-electron chi connectivity index (χ2n) is 10.8. The topological polar surface area (TPSA) is 101 Å². The summed E-state index contributed by atoms with van der Waals surface area (Å²) in [5, 5.41) is 10.8. The Hall–Kier alpha value is -3.97. The number of Topliss-reactive ketones (excluding diaryl/α,β-unsaturated/α-hetero) is 1. The van der Waals surface area contributed by atoms with E-state index in [0.717, 1.165) is 11.1 Å². The number of benzene rings is 2. The standard InChI is InChI=1S/C32H28ClNO6/c1-4-40-26-12-17(6-10-24(26)35)27-19-8-9-20-28(21(19)14-22-29(27)25(36)11-16(3)30(22)37)32(39)34(31(20)38)18-7-5-15(2)23(33)13-18/h5-8,10-13,20-21,27-28,35H,4,9,14H2,1-3H3. The van der Waals surface area contributed by atoms with Crippen LogP contribution in [0.1, 0.15) is 43.7 Å². The van der Waals surface area contributed by atoms with Gasteiger partial charge in [-0.05, 0) is 81.0 Å². The molecule has 0 spiro atoms. The molecule has 40 heavy (non-hydrogen) atoms. The Kier molecular flexibility index (Phi) is 6.30. The molecule has 2 aromatic carbocycles. The van der Waals surface area contributed by atoms with Crippen LogP contribution in [-0.2, 0) is 19.2 Å². The van der Waals surface area contributed by atoms with Crippen LogP contribution in [0.25, 0.3) is 0 Å². The van der Waals surface area contributed by atoms with Crippen molar-refractivity contribution < 1.29 is 29.0 Å². The Morgan fingerprint density at radius 3 is 2.52 bits per heavy atom. The van der Waals surface area contributed by atoms with Gasteiger partial charge in [-0.2, -0.15) is 0 Å². The van der Waals surface area contributed by atoms with Gasteiger partial charge in [0.05, 0.1) is 24.1 Å². The lowest BCUT2D eigenvalue weighted by Gasteiger charge is -2.42. The van der Waals surface area contributed by atoms with Crippen molar-refractivity contribution in [1.82, 2.24) is 0 Å². The summed E-state index contributed by atoms with van der Waals surface area (Å²) in [5.41, 5.74) is 3.92. The van der Waals surface area contributed by atoms with E-state index in [1.54, 1.807) is 44.2 Å². The van der Waals surface area contributed by atoms with Gasteiger partial charge in [-0.15, -0.1) is 0 Å². The summed E-state index contributed by atoms with van der Waals surface area (Å²) in [6, 6.07) is 10.0. The van der Waals surface area contributed by atoms with Crippen LogP contribution in [0.15, 0.2) is 70.8 Å². The molecule has 0 radical (unpaired) electrons. The molecule has 1 saturated heterocycles. The van der Waals surface area contributed by atoms with Crippen molar-refractivity contribution in [2.45, 2.75) is 39.5 Å². The minimum atomic E-state index is -0.679. The molecule has 7 nitrogen and oxygen atoms in total. The zero-order valence-corrected chi connectivity index (χ0v) is 23.1. The number of imide groups is 1. The first kappa shape index (κ1) is 26.3. The molecule has 1 aliphatic heterocycles. The molecule has 8 heteroatoms. The highest BCUT2D eigenvalue weighted by Crippen LogP contribution is 2.56. The van der Waals surface area contributed by atoms with E-state index < -0.39 is 23.7 Å². The monoisotopic (exact) mass is 557 g/mol. The molecule has 1 fully saturated rings. The van der Waals surface area contributed by atoms with E-state index in [1.165, 1.54) is 17.0 Å². The molecular weight excluding hydrogens is 530 g/mol. The molecule has 0 aromatic heterocycles. The largest absolute Gasteiger partial charge is 0.504 e. The molecular formula is C32H28ClNO6. The predicted molar refractivity (Wildman–Crippen MR) is 149 cm³/mol. The molecule has 204 valence electrons. The fourth-order valence-electron chi connectivity index (χ4n) is 6.72. The van der Waals surface area contributed by atoms with Gasteiger partial charge < -0.3 is 9.84 Å². The Bertz CT molecular complexity index is 1610. The normalized spacial score (nSPS) is 25.9. The number of carbonyl (C=O) groups is 4. The van der Waals surface area contributed by atoms with Crippen LogP contribution in [0, 0.1) is 24.7 Å². The lowest BCUT2D eigenvalue weighted by molar-refractivity contribution is -0.123. The van der Waals surface area contributed by atoms with Gasteiger partial charge in [-0.25, -0.2) is 4.90 Å². The lowest BCUT2D eigenvalue weighted by atomic mass is 9.59. The van der Waals surface area contributed by atoms with Crippen molar-refractivity contribution in [3.63, 3.8) is 0 Å². The predicted octanol–water partition coefficient (Wildman–Crippen LogP) is 5.39. The molecule has 4 atom stereocenters. The van der Waals surface area contributed by atoms with E-state index in [4.69, 9.17) is 16.3 Å². The number of nitrogens with zero attached hydrogens (tertiary/aromatic N) is 1. The highest BCUT2D eigenvalue weighted by molar-refractivity contribution is 6.32. The van der Waals surface area contributed by atoms with E-state index in [1.807, 2.05) is 13.0 Å². The Morgan fingerprint density at radius 2 is 1.80 bits per heavy atom. The molecule has 1 N–H and O–H groups in total. The number of phenols is 1. The van der Waals surface area contributed by atoms with E-state index in [9.17, 15) is 24.3 Å². The number of carbonyl (C=O) groups excluding carboxylic acids is 4. The second-order valence-corrected chi connectivity index (χ2v) is 11.2. The van der Waals surface area contributed by atoms with E-state index in [-0.39, 0.29) is 41.3 Å². The Balaban J connectivity index is 1.48. The summed E-state index contributed by atoms with van der Waals surface area (Å²) in [7, 11) is 0. The van der Waals surface area contributed by atoms with Crippen LogP contribution in [0.2, 0.25) is 5.02 Å². The van der Waals surface area contributed by atoms with Gasteiger partial charge >= 0.3 is 0 Å². The molecule has 1 heterocycles.